The third-order valence-electron chi connectivity index (χ3n) is 3.12. The Bertz CT molecular complexity index is 450. The van der Waals surface area contributed by atoms with E-state index in [1.807, 2.05) is 70.2 Å². The molecule has 20 heavy (non-hydrogen) atoms. The molecule has 0 heterocycles. The van der Waals surface area contributed by atoms with Crippen molar-refractivity contribution in [2.45, 2.75) is 27.7 Å². The van der Waals surface area contributed by atoms with Crippen LogP contribution in [0.5, 0.6) is 0 Å². The largest absolute Gasteiger partial charge is 0.513 e. The van der Waals surface area contributed by atoms with Crippen molar-refractivity contribution in [3.05, 3.63) is 52.9 Å². The van der Waals surface area contributed by atoms with Gasteiger partial charge in [-0.2, -0.15) is 0 Å². The first-order chi connectivity index (χ1) is 9.51. The van der Waals surface area contributed by atoms with Crippen LogP contribution in [0, 0.1) is 0 Å². The van der Waals surface area contributed by atoms with E-state index < -0.39 is 28.3 Å². The van der Waals surface area contributed by atoms with Crippen molar-refractivity contribution in [2.75, 3.05) is 0 Å². The molecule has 0 bridgehead atoms. The molecule has 0 spiro atoms. The van der Waals surface area contributed by atoms with Gasteiger partial charge in [0.05, 0.1) is 0 Å². The average molecular weight is 325 g/mol. The summed E-state index contributed by atoms with van der Waals surface area (Å²) in [6.45, 7) is 8.07. The summed E-state index contributed by atoms with van der Waals surface area (Å²) in [5.74, 6) is 0. The second-order valence-corrected chi connectivity index (χ2v) is 11.7. The summed E-state index contributed by atoms with van der Waals surface area (Å²) in [6, 6.07) is 9.54. The molecule has 1 N–H and O–H groups in total. The van der Waals surface area contributed by atoms with Crippen molar-refractivity contribution in [3.63, 3.8) is 0 Å². The summed E-state index contributed by atoms with van der Waals surface area (Å²) < 4.78 is 11.8. The Morgan fingerprint density at radius 3 is 1.85 bits per heavy atom. The smallest absolute Gasteiger partial charge is 0.414 e. The molecule has 1 aromatic rings. The van der Waals surface area contributed by atoms with E-state index in [0.717, 1.165) is 5.19 Å². The van der Waals surface area contributed by atoms with Crippen molar-refractivity contribution in [1.29, 1.82) is 0 Å². The summed E-state index contributed by atoms with van der Waals surface area (Å²) in [4.78, 5) is 10.9. The number of benzene rings is 1. The number of hydrogen-bond donors (Lipinski definition) is 1. The van der Waals surface area contributed by atoms with Crippen LogP contribution in [0.15, 0.2) is 52.9 Å². The molecule has 110 valence electrons. The Hall–Kier alpha value is -0.769. The molecule has 6 heteroatoms. The summed E-state index contributed by atoms with van der Waals surface area (Å²) >= 11 is 0. The molecule has 0 aliphatic carbocycles. The van der Waals surface area contributed by atoms with Crippen LogP contribution in [-0.2, 0) is 8.23 Å². The highest BCUT2D eigenvalue weighted by molar-refractivity contribution is 6.81. The normalized spacial score (nSPS) is 17.2. The van der Waals surface area contributed by atoms with E-state index in [4.69, 9.17) is 8.23 Å². The van der Waals surface area contributed by atoms with E-state index in [2.05, 4.69) is 0 Å². The van der Waals surface area contributed by atoms with Gasteiger partial charge < -0.3 is 13.0 Å². The Labute approximate surface area is 127 Å². The van der Waals surface area contributed by atoms with Gasteiger partial charge in [-0.15, -0.1) is 0 Å². The SMILES string of the molecule is CC=C(C)[SiH2]O[Si](O)(O[SiH2]C(C)=CC)c1ccccc1. The lowest BCUT2D eigenvalue weighted by Gasteiger charge is -2.25. The fraction of sp³-hybridized carbons (Fsp3) is 0.286. The predicted octanol–water partition coefficient (Wildman–Crippen LogP) is 0.873. The number of hydrogen-bond acceptors (Lipinski definition) is 3. The standard InChI is InChI=1S/C14H24O3Si3/c1-5-12(3)18-16-20(15,17-19-13(4)6-2)14-10-8-7-9-11-14/h5-11,15H,18-19H2,1-4H3. The highest BCUT2D eigenvalue weighted by Crippen LogP contribution is 2.07. The molecule has 0 aromatic heterocycles. The third kappa shape index (κ3) is 5.31. The van der Waals surface area contributed by atoms with E-state index in [1.54, 1.807) is 0 Å². The molecule has 0 aliphatic heterocycles. The maximum absolute atomic E-state index is 10.9. The molecule has 0 saturated carbocycles. The van der Waals surface area contributed by atoms with E-state index in [1.165, 1.54) is 10.4 Å². The molecule has 0 radical (unpaired) electrons. The molecule has 0 aliphatic rings. The van der Waals surface area contributed by atoms with E-state index in [9.17, 15) is 4.80 Å². The summed E-state index contributed by atoms with van der Waals surface area (Å²) in [5, 5.41) is 3.24. The highest BCUT2D eigenvalue weighted by atomic mass is 28.4. The maximum atomic E-state index is 10.9. The average Bonchev–Trinajstić information content (AvgIpc) is 2.51. The molecule has 0 fully saturated rings. The van der Waals surface area contributed by atoms with E-state index in [0.29, 0.717) is 0 Å². The van der Waals surface area contributed by atoms with Crippen molar-refractivity contribution in [2.24, 2.45) is 0 Å². The highest BCUT2D eigenvalue weighted by Gasteiger charge is 2.38. The predicted molar refractivity (Wildman–Crippen MR) is 92.2 cm³/mol. The first kappa shape index (κ1) is 17.3. The second kappa shape index (κ2) is 8.50. The zero-order chi connectivity index (χ0) is 15.0. The van der Waals surface area contributed by atoms with Crippen molar-refractivity contribution < 1.29 is 13.0 Å². The molecule has 0 saturated heterocycles. The van der Waals surface area contributed by atoms with Gasteiger partial charge in [0, 0.05) is 5.19 Å². The van der Waals surface area contributed by atoms with Crippen LogP contribution in [0.3, 0.4) is 0 Å². The minimum absolute atomic E-state index is 0.799. The van der Waals surface area contributed by atoms with Gasteiger partial charge in [-0.25, -0.2) is 0 Å². The third-order valence-corrected chi connectivity index (χ3v) is 10.2. The molecular weight excluding hydrogens is 300 g/mol. The molecular formula is C14H24O3Si3. The van der Waals surface area contributed by atoms with Crippen molar-refractivity contribution >= 4 is 33.5 Å². The second-order valence-electron chi connectivity index (χ2n) is 4.80. The lowest BCUT2D eigenvalue weighted by molar-refractivity contribution is 0.286. The Kier molecular flexibility index (Phi) is 7.35. The van der Waals surface area contributed by atoms with Gasteiger partial charge in [-0.1, -0.05) is 52.9 Å². The first-order valence-electron chi connectivity index (χ1n) is 6.81. The van der Waals surface area contributed by atoms with Gasteiger partial charge in [-0.3, -0.25) is 0 Å². The molecule has 3 nitrogen and oxygen atoms in total. The molecule has 1 rings (SSSR count). The van der Waals surface area contributed by atoms with Crippen LogP contribution in [0.2, 0.25) is 0 Å². The van der Waals surface area contributed by atoms with Gasteiger partial charge in [0.15, 0.2) is 19.5 Å². The van der Waals surface area contributed by atoms with Gasteiger partial charge in [0.2, 0.25) is 0 Å². The van der Waals surface area contributed by atoms with E-state index >= 15 is 0 Å². The molecule has 1 aromatic carbocycles. The van der Waals surface area contributed by atoms with Crippen LogP contribution in [0.25, 0.3) is 0 Å². The Morgan fingerprint density at radius 1 is 1.00 bits per heavy atom. The lowest BCUT2D eigenvalue weighted by Crippen LogP contribution is -2.56. The van der Waals surface area contributed by atoms with Crippen molar-refractivity contribution in [1.82, 2.24) is 0 Å². The Balaban J connectivity index is 2.88. The van der Waals surface area contributed by atoms with Crippen LogP contribution in [0.1, 0.15) is 27.7 Å². The van der Waals surface area contributed by atoms with Crippen LogP contribution < -0.4 is 5.19 Å². The van der Waals surface area contributed by atoms with E-state index in [-0.39, 0.29) is 0 Å². The quantitative estimate of drug-likeness (QED) is 0.757. The molecule has 0 unspecified atom stereocenters. The van der Waals surface area contributed by atoms with Crippen LogP contribution in [0.4, 0.5) is 0 Å². The van der Waals surface area contributed by atoms with Gasteiger partial charge in [0.25, 0.3) is 0 Å². The fourth-order valence-corrected chi connectivity index (χ4v) is 8.20. The minimum atomic E-state index is -3.24. The summed E-state index contributed by atoms with van der Waals surface area (Å²) in [5.41, 5.74) is 0. The first-order valence-corrected chi connectivity index (χ1v) is 11.1. The fourth-order valence-electron chi connectivity index (χ4n) is 1.45. The zero-order valence-corrected chi connectivity index (χ0v) is 16.5. The maximum Gasteiger partial charge on any atom is 0.513 e. The van der Waals surface area contributed by atoms with Crippen LogP contribution in [-0.4, -0.2) is 33.1 Å². The minimum Gasteiger partial charge on any atom is -0.414 e. The topological polar surface area (TPSA) is 38.7 Å². The molecule has 0 amide bonds. The number of allylic oxidation sites excluding steroid dienone is 4. The zero-order valence-electron chi connectivity index (χ0n) is 12.7. The number of rotatable bonds is 7. The van der Waals surface area contributed by atoms with Gasteiger partial charge in [0.1, 0.15) is 0 Å². The monoisotopic (exact) mass is 324 g/mol. The Morgan fingerprint density at radius 2 is 1.45 bits per heavy atom. The van der Waals surface area contributed by atoms with Crippen molar-refractivity contribution in [3.8, 4) is 0 Å². The summed E-state index contributed by atoms with van der Waals surface area (Å²) in [6.07, 6.45) is 4.08. The van der Waals surface area contributed by atoms with Gasteiger partial charge >= 0.3 is 8.80 Å². The van der Waals surface area contributed by atoms with Crippen LogP contribution >= 0.6 is 0 Å². The summed E-state index contributed by atoms with van der Waals surface area (Å²) in [7, 11) is -5.07. The van der Waals surface area contributed by atoms with Gasteiger partial charge in [-0.05, 0) is 27.7 Å². The molecule has 0 atom stereocenters. The lowest BCUT2D eigenvalue weighted by atomic mass is 10.4.